The van der Waals surface area contributed by atoms with E-state index in [1.807, 2.05) is 49.4 Å². The summed E-state index contributed by atoms with van der Waals surface area (Å²) in [4.78, 5) is 15.4. The van der Waals surface area contributed by atoms with Crippen molar-refractivity contribution in [1.82, 2.24) is 4.90 Å². The summed E-state index contributed by atoms with van der Waals surface area (Å²) in [5.41, 5.74) is 3.36. The molecule has 0 unspecified atom stereocenters. The van der Waals surface area contributed by atoms with E-state index >= 15 is 0 Å². The van der Waals surface area contributed by atoms with Crippen LogP contribution >= 0.6 is 0 Å². The maximum atomic E-state index is 13.0. The van der Waals surface area contributed by atoms with Crippen molar-refractivity contribution in [2.75, 3.05) is 33.4 Å². The molecule has 0 spiro atoms. The lowest BCUT2D eigenvalue weighted by atomic mass is 10.0. The molecular weight excluding hydrogens is 354 g/mol. The van der Waals surface area contributed by atoms with Crippen molar-refractivity contribution in [2.24, 2.45) is 0 Å². The molecule has 146 valence electrons. The lowest BCUT2D eigenvalue weighted by Gasteiger charge is -2.27. The molecule has 1 aliphatic rings. The summed E-state index contributed by atoms with van der Waals surface area (Å²) in [6.45, 7) is 5.65. The molecule has 2 heterocycles. The van der Waals surface area contributed by atoms with E-state index in [-0.39, 0.29) is 5.43 Å². The molecule has 0 saturated carbocycles. The van der Waals surface area contributed by atoms with E-state index in [1.165, 1.54) is 0 Å². The zero-order chi connectivity index (χ0) is 19.5. The highest BCUT2D eigenvalue weighted by atomic mass is 16.5. The van der Waals surface area contributed by atoms with E-state index < -0.39 is 0 Å². The van der Waals surface area contributed by atoms with Gasteiger partial charge >= 0.3 is 0 Å². The quantitative estimate of drug-likeness (QED) is 0.679. The second kappa shape index (κ2) is 8.17. The molecule has 0 aliphatic carbocycles. The van der Waals surface area contributed by atoms with Crippen molar-refractivity contribution in [3.8, 4) is 5.75 Å². The zero-order valence-corrected chi connectivity index (χ0v) is 16.4. The maximum Gasteiger partial charge on any atom is 0.195 e. The van der Waals surface area contributed by atoms with Gasteiger partial charge in [0.05, 0.1) is 31.3 Å². The summed E-state index contributed by atoms with van der Waals surface area (Å²) < 4.78 is 17.4. The van der Waals surface area contributed by atoms with Gasteiger partial charge in [0.2, 0.25) is 0 Å². The second-order valence-electron chi connectivity index (χ2n) is 7.15. The lowest BCUT2D eigenvalue weighted by Crippen LogP contribution is -2.35. The molecule has 1 aliphatic heterocycles. The molecule has 5 nitrogen and oxygen atoms in total. The molecule has 0 radical (unpaired) electrons. The topological polar surface area (TPSA) is 51.9 Å². The smallest absolute Gasteiger partial charge is 0.195 e. The van der Waals surface area contributed by atoms with E-state index in [0.29, 0.717) is 35.3 Å². The third-order valence-corrected chi connectivity index (χ3v) is 5.36. The molecule has 0 N–H and O–H groups in total. The number of hydrogen-bond acceptors (Lipinski definition) is 5. The minimum atomic E-state index is 0.0260. The van der Waals surface area contributed by atoms with Gasteiger partial charge < -0.3 is 13.9 Å². The Morgan fingerprint density at radius 1 is 1.07 bits per heavy atom. The first-order chi connectivity index (χ1) is 13.7. The molecule has 2 aromatic carbocycles. The van der Waals surface area contributed by atoms with Crippen LogP contribution in [0.5, 0.6) is 5.75 Å². The van der Waals surface area contributed by atoms with Crippen molar-refractivity contribution in [3.63, 3.8) is 0 Å². The highest BCUT2D eigenvalue weighted by molar-refractivity contribution is 5.83. The standard InChI is InChI=1S/C23H25NO4/c1-16-21(14-17-6-4-3-5-7-17)28-23-18(22(16)25)8-9-20(26-2)19(23)15-24-10-12-27-13-11-24/h3-9H,10-15H2,1-2H3. The Kier molecular flexibility index (Phi) is 5.46. The Bertz CT molecular complexity index is 1020. The van der Waals surface area contributed by atoms with Crippen LogP contribution in [0.3, 0.4) is 0 Å². The number of hydrogen-bond donors (Lipinski definition) is 0. The van der Waals surface area contributed by atoms with Crippen molar-refractivity contribution in [1.29, 1.82) is 0 Å². The van der Waals surface area contributed by atoms with Gasteiger partial charge in [-0.3, -0.25) is 9.69 Å². The summed E-state index contributed by atoms with van der Waals surface area (Å²) in [5.74, 6) is 1.46. The molecule has 4 rings (SSSR count). The van der Waals surface area contributed by atoms with Crippen molar-refractivity contribution in [3.05, 3.63) is 75.1 Å². The first-order valence-corrected chi connectivity index (χ1v) is 9.63. The van der Waals surface area contributed by atoms with Crippen LogP contribution < -0.4 is 10.2 Å². The molecule has 3 aromatic rings. The third kappa shape index (κ3) is 3.68. The van der Waals surface area contributed by atoms with Crippen molar-refractivity contribution in [2.45, 2.75) is 19.9 Å². The number of fused-ring (bicyclic) bond motifs is 1. The first kappa shape index (κ1) is 18.7. The van der Waals surface area contributed by atoms with Gasteiger partial charge in [0.25, 0.3) is 0 Å². The fourth-order valence-corrected chi connectivity index (χ4v) is 3.71. The molecule has 0 atom stereocenters. The largest absolute Gasteiger partial charge is 0.496 e. The zero-order valence-electron chi connectivity index (χ0n) is 16.4. The summed E-state index contributed by atoms with van der Waals surface area (Å²) in [7, 11) is 1.65. The number of rotatable bonds is 5. The second-order valence-corrected chi connectivity index (χ2v) is 7.15. The summed E-state index contributed by atoms with van der Waals surface area (Å²) in [5, 5.41) is 0.610. The van der Waals surface area contributed by atoms with Gasteiger partial charge in [-0.25, -0.2) is 0 Å². The lowest BCUT2D eigenvalue weighted by molar-refractivity contribution is 0.0339. The summed E-state index contributed by atoms with van der Waals surface area (Å²) >= 11 is 0. The third-order valence-electron chi connectivity index (χ3n) is 5.36. The highest BCUT2D eigenvalue weighted by Gasteiger charge is 2.20. The van der Waals surface area contributed by atoms with Gasteiger partial charge in [0.1, 0.15) is 17.1 Å². The summed E-state index contributed by atoms with van der Waals surface area (Å²) in [6.07, 6.45) is 0.589. The molecule has 0 bridgehead atoms. The number of morpholine rings is 1. The van der Waals surface area contributed by atoms with Crippen LogP contribution in [0.4, 0.5) is 0 Å². The molecule has 1 saturated heterocycles. The van der Waals surface area contributed by atoms with Gasteiger partial charge in [0.15, 0.2) is 5.43 Å². The number of benzene rings is 2. The van der Waals surface area contributed by atoms with Gasteiger partial charge in [-0.1, -0.05) is 30.3 Å². The summed E-state index contributed by atoms with van der Waals surface area (Å²) in [6, 6.07) is 13.7. The monoisotopic (exact) mass is 379 g/mol. The molecule has 0 amide bonds. The van der Waals surface area contributed by atoms with Crippen LogP contribution in [0.15, 0.2) is 51.7 Å². The van der Waals surface area contributed by atoms with Gasteiger partial charge in [0, 0.05) is 31.6 Å². The SMILES string of the molecule is COc1ccc2c(=O)c(C)c(Cc3ccccc3)oc2c1CN1CCOCC1. The van der Waals surface area contributed by atoms with Crippen LogP contribution in [-0.2, 0) is 17.7 Å². The van der Waals surface area contributed by atoms with Gasteiger partial charge in [-0.05, 0) is 24.6 Å². The fraction of sp³-hybridized carbons (Fsp3) is 0.348. The van der Waals surface area contributed by atoms with Crippen molar-refractivity contribution >= 4 is 11.0 Å². The highest BCUT2D eigenvalue weighted by Crippen LogP contribution is 2.30. The fourth-order valence-electron chi connectivity index (χ4n) is 3.71. The van der Waals surface area contributed by atoms with Crippen LogP contribution in [0, 0.1) is 6.92 Å². The minimum Gasteiger partial charge on any atom is -0.496 e. The van der Waals surface area contributed by atoms with Crippen molar-refractivity contribution < 1.29 is 13.9 Å². The molecule has 28 heavy (non-hydrogen) atoms. The average molecular weight is 379 g/mol. The van der Waals surface area contributed by atoms with Crippen LogP contribution in [-0.4, -0.2) is 38.3 Å². The van der Waals surface area contributed by atoms with Crippen LogP contribution in [0.2, 0.25) is 0 Å². The Hall–Kier alpha value is -2.63. The maximum absolute atomic E-state index is 13.0. The Morgan fingerprint density at radius 3 is 2.54 bits per heavy atom. The predicted octanol–water partition coefficient (Wildman–Crippen LogP) is 3.53. The molecular formula is C23H25NO4. The van der Waals surface area contributed by atoms with E-state index in [2.05, 4.69) is 4.90 Å². The molecule has 5 heteroatoms. The van der Waals surface area contributed by atoms with E-state index in [0.717, 1.165) is 43.2 Å². The minimum absolute atomic E-state index is 0.0260. The number of methoxy groups -OCH3 is 1. The molecule has 1 fully saturated rings. The van der Waals surface area contributed by atoms with E-state index in [9.17, 15) is 4.79 Å². The van der Waals surface area contributed by atoms with E-state index in [4.69, 9.17) is 13.9 Å². The number of ether oxygens (including phenoxy) is 2. The predicted molar refractivity (Wildman–Crippen MR) is 109 cm³/mol. The Labute approximate surface area is 164 Å². The number of nitrogens with zero attached hydrogens (tertiary/aromatic N) is 1. The molecule has 1 aromatic heterocycles. The van der Waals surface area contributed by atoms with Crippen LogP contribution in [0.1, 0.15) is 22.5 Å². The first-order valence-electron chi connectivity index (χ1n) is 9.63. The van der Waals surface area contributed by atoms with Gasteiger partial charge in [-0.15, -0.1) is 0 Å². The van der Waals surface area contributed by atoms with Gasteiger partial charge in [-0.2, -0.15) is 0 Å². The van der Waals surface area contributed by atoms with Crippen LogP contribution in [0.25, 0.3) is 11.0 Å². The van der Waals surface area contributed by atoms with E-state index in [1.54, 1.807) is 7.11 Å². The Morgan fingerprint density at radius 2 is 1.82 bits per heavy atom. The normalized spacial score (nSPS) is 15.1. The Balaban J connectivity index is 1.82. The average Bonchev–Trinajstić information content (AvgIpc) is 2.74.